The summed E-state index contributed by atoms with van der Waals surface area (Å²) >= 11 is 0. The van der Waals surface area contributed by atoms with Gasteiger partial charge in [0.25, 0.3) is 0 Å². The van der Waals surface area contributed by atoms with Crippen molar-refractivity contribution in [2.45, 2.75) is 0 Å². The number of hydrogen-bond acceptors (Lipinski definition) is 14. The lowest BCUT2D eigenvalue weighted by Crippen LogP contribution is -2.09. The van der Waals surface area contributed by atoms with Crippen LogP contribution in [0.2, 0.25) is 0 Å². The molecule has 6 rings (SSSR count). The van der Waals surface area contributed by atoms with Crippen molar-refractivity contribution >= 4 is 21.9 Å². The highest BCUT2D eigenvalue weighted by molar-refractivity contribution is 5.90. The van der Waals surface area contributed by atoms with Crippen LogP contribution in [-0.4, -0.2) is 71.1 Å². The van der Waals surface area contributed by atoms with Crippen molar-refractivity contribution in [1.29, 1.82) is 0 Å². The summed E-state index contributed by atoms with van der Waals surface area (Å²) in [5.41, 5.74) is 1.16. The van der Waals surface area contributed by atoms with Crippen LogP contribution in [0.15, 0.2) is 79.1 Å². The zero-order valence-corrected chi connectivity index (χ0v) is 31.5. The van der Waals surface area contributed by atoms with Crippen molar-refractivity contribution in [3.8, 4) is 80.1 Å². The maximum absolute atomic E-state index is 13.0. The minimum absolute atomic E-state index is 0.0678. The minimum atomic E-state index is -0.344. The molecule has 6 aromatic rings. The van der Waals surface area contributed by atoms with E-state index in [0.29, 0.717) is 68.3 Å². The lowest BCUT2D eigenvalue weighted by atomic mass is 10.1. The first-order valence-corrected chi connectivity index (χ1v) is 16.1. The Morgan fingerprint density at radius 1 is 0.370 bits per heavy atom. The lowest BCUT2D eigenvalue weighted by molar-refractivity contribution is 0.355. The molecule has 0 saturated heterocycles. The second-order valence-corrected chi connectivity index (χ2v) is 11.1. The maximum Gasteiger partial charge on any atom is 0.239 e. The molecule has 0 atom stereocenters. The average Bonchev–Trinajstić information content (AvgIpc) is 3.21. The Morgan fingerprint density at radius 2 is 0.722 bits per heavy atom. The molecule has 0 saturated carbocycles. The minimum Gasteiger partial charge on any atom is -0.496 e. The third-order valence-corrected chi connectivity index (χ3v) is 8.39. The molecule has 14 heteroatoms. The molecule has 284 valence electrons. The smallest absolute Gasteiger partial charge is 0.239 e. The molecule has 0 aliphatic rings. The van der Waals surface area contributed by atoms with Crippen LogP contribution in [0.4, 0.5) is 0 Å². The van der Waals surface area contributed by atoms with Crippen LogP contribution < -0.4 is 58.2 Å². The molecule has 14 nitrogen and oxygen atoms in total. The van der Waals surface area contributed by atoms with Gasteiger partial charge < -0.3 is 56.2 Å². The monoisotopic (exact) mass is 744 g/mol. The van der Waals surface area contributed by atoms with E-state index in [9.17, 15) is 9.59 Å². The van der Waals surface area contributed by atoms with Gasteiger partial charge >= 0.3 is 0 Å². The molecule has 0 radical (unpaired) electrons. The van der Waals surface area contributed by atoms with Gasteiger partial charge in [0.2, 0.25) is 22.4 Å². The molecule has 0 aliphatic heterocycles. The Labute approximate surface area is 310 Å². The third kappa shape index (κ3) is 7.18. The molecular formula is C40H40O14. The number of hydrogen-bond donors (Lipinski definition) is 0. The topological polar surface area (TPSA) is 153 Å². The van der Waals surface area contributed by atoms with E-state index in [1.54, 1.807) is 74.9 Å². The van der Waals surface area contributed by atoms with E-state index < -0.39 is 0 Å². The number of ether oxygens (including phenoxy) is 10. The Bertz CT molecular complexity index is 2240. The SMILES string of the molecule is COc1cc(OC)c2c(=O)c(OC)c(-c3ccc(OC)c(OC)c3)oc2c1.COc1cc(OC)c2c(=O)c(OC)c(-c3ccc(OC)c(OC)c3)oc2c1. The first-order valence-electron chi connectivity index (χ1n) is 16.1. The van der Waals surface area contributed by atoms with Crippen LogP contribution in [-0.2, 0) is 0 Å². The van der Waals surface area contributed by atoms with Gasteiger partial charge in [0.1, 0.15) is 44.9 Å². The Hall–Kier alpha value is -6.70. The summed E-state index contributed by atoms with van der Waals surface area (Å²) in [6, 6.07) is 16.9. The van der Waals surface area contributed by atoms with Crippen LogP contribution >= 0.6 is 0 Å². The van der Waals surface area contributed by atoms with Gasteiger partial charge in [-0.05, 0) is 36.4 Å². The molecule has 0 fully saturated rings. The summed E-state index contributed by atoms with van der Waals surface area (Å²) in [5, 5.41) is 0.554. The van der Waals surface area contributed by atoms with Gasteiger partial charge in [-0.2, -0.15) is 0 Å². The van der Waals surface area contributed by atoms with Crippen molar-refractivity contribution in [1.82, 2.24) is 0 Å². The number of benzene rings is 4. The van der Waals surface area contributed by atoms with Gasteiger partial charge in [0.15, 0.2) is 34.5 Å². The fourth-order valence-corrected chi connectivity index (χ4v) is 5.75. The average molecular weight is 745 g/mol. The van der Waals surface area contributed by atoms with Crippen molar-refractivity contribution < 1.29 is 56.2 Å². The quantitative estimate of drug-likeness (QED) is 0.126. The van der Waals surface area contributed by atoms with E-state index >= 15 is 0 Å². The van der Waals surface area contributed by atoms with Crippen LogP contribution in [0.1, 0.15) is 0 Å². The van der Waals surface area contributed by atoms with Gasteiger partial charge in [-0.1, -0.05) is 0 Å². The predicted molar refractivity (Wildman–Crippen MR) is 201 cm³/mol. The standard InChI is InChI=1S/2C20H20O7/c2*1-22-12-9-15(25-4)17-16(10-12)27-19(20(26-5)18(17)21)11-6-7-13(23-2)14(8-11)24-3/h2*6-10H,1-5H3. The van der Waals surface area contributed by atoms with Crippen molar-refractivity contribution in [2.24, 2.45) is 0 Å². The second-order valence-electron chi connectivity index (χ2n) is 11.1. The normalized spacial score (nSPS) is 10.6. The van der Waals surface area contributed by atoms with Crippen molar-refractivity contribution in [3.63, 3.8) is 0 Å². The molecule has 54 heavy (non-hydrogen) atoms. The molecular weight excluding hydrogens is 704 g/mol. The third-order valence-electron chi connectivity index (χ3n) is 8.39. The van der Waals surface area contributed by atoms with E-state index in [-0.39, 0.29) is 44.6 Å². The maximum atomic E-state index is 13.0. The van der Waals surface area contributed by atoms with Gasteiger partial charge in [0, 0.05) is 35.4 Å². The Kier molecular flexibility index (Phi) is 12.0. The van der Waals surface area contributed by atoms with Gasteiger partial charge in [-0.25, -0.2) is 0 Å². The first kappa shape index (κ1) is 38.5. The molecule has 0 amide bonds. The summed E-state index contributed by atoms with van der Waals surface area (Å²) in [4.78, 5) is 26.1. The molecule has 0 bridgehead atoms. The van der Waals surface area contributed by atoms with E-state index in [2.05, 4.69) is 0 Å². The first-order chi connectivity index (χ1) is 26.1. The highest BCUT2D eigenvalue weighted by Crippen LogP contribution is 2.41. The zero-order valence-electron chi connectivity index (χ0n) is 31.5. The van der Waals surface area contributed by atoms with E-state index in [1.165, 1.54) is 56.9 Å². The summed E-state index contributed by atoms with van der Waals surface area (Å²) in [6.07, 6.45) is 0. The number of rotatable bonds is 12. The van der Waals surface area contributed by atoms with Crippen LogP contribution in [0.25, 0.3) is 44.6 Å². The van der Waals surface area contributed by atoms with Gasteiger partial charge in [0.05, 0.1) is 71.1 Å². The molecule has 2 heterocycles. The summed E-state index contributed by atoms with van der Waals surface area (Å²) in [6.45, 7) is 0. The van der Waals surface area contributed by atoms with E-state index in [4.69, 9.17) is 56.2 Å². The van der Waals surface area contributed by atoms with Crippen LogP contribution in [0.5, 0.6) is 57.5 Å². The summed E-state index contributed by atoms with van der Waals surface area (Å²) in [7, 11) is 15.0. The number of fused-ring (bicyclic) bond motifs is 2. The van der Waals surface area contributed by atoms with Gasteiger partial charge in [-0.15, -0.1) is 0 Å². The molecule has 4 aromatic carbocycles. The Balaban J connectivity index is 0.000000208. The fourth-order valence-electron chi connectivity index (χ4n) is 5.75. The molecule has 0 unspecified atom stereocenters. The van der Waals surface area contributed by atoms with E-state index in [1.807, 2.05) is 0 Å². The summed E-state index contributed by atoms with van der Waals surface area (Å²) < 4.78 is 65.1. The fraction of sp³-hybridized carbons (Fsp3) is 0.250. The van der Waals surface area contributed by atoms with Crippen molar-refractivity contribution in [2.75, 3.05) is 71.1 Å². The highest BCUT2D eigenvalue weighted by atomic mass is 16.5. The largest absolute Gasteiger partial charge is 0.496 e. The van der Waals surface area contributed by atoms with Crippen LogP contribution in [0.3, 0.4) is 0 Å². The second kappa shape index (κ2) is 16.8. The van der Waals surface area contributed by atoms with Crippen molar-refractivity contribution in [3.05, 3.63) is 81.1 Å². The molecule has 2 aromatic heterocycles. The predicted octanol–water partition coefficient (Wildman–Crippen LogP) is 7.01. The Morgan fingerprint density at radius 3 is 1.02 bits per heavy atom. The zero-order chi connectivity index (χ0) is 39.1. The van der Waals surface area contributed by atoms with Crippen LogP contribution in [0, 0.1) is 0 Å². The highest BCUT2D eigenvalue weighted by Gasteiger charge is 2.23. The molecule has 0 spiro atoms. The van der Waals surface area contributed by atoms with E-state index in [0.717, 1.165) is 0 Å². The molecule has 0 N–H and O–H groups in total. The molecule has 0 aliphatic carbocycles. The summed E-state index contributed by atoms with van der Waals surface area (Å²) in [5.74, 6) is 4.50. The number of methoxy groups -OCH3 is 10. The van der Waals surface area contributed by atoms with Gasteiger partial charge in [-0.3, -0.25) is 9.59 Å². The lowest BCUT2D eigenvalue weighted by Gasteiger charge is -2.13.